The third-order valence-electron chi connectivity index (χ3n) is 3.19. The van der Waals surface area contributed by atoms with Crippen molar-refractivity contribution in [3.05, 3.63) is 35.4 Å². The van der Waals surface area contributed by atoms with E-state index in [4.69, 9.17) is 9.68 Å². The number of fused-ring (bicyclic) bond motifs is 3. The Balaban J connectivity index is 1.89. The van der Waals surface area contributed by atoms with Crippen LogP contribution in [-0.2, 0) is 16.1 Å². The second kappa shape index (κ2) is 3.59. The first kappa shape index (κ1) is 9.33. The van der Waals surface area contributed by atoms with E-state index in [2.05, 4.69) is 24.3 Å². The lowest BCUT2D eigenvalue weighted by atomic mass is 10.0. The van der Waals surface area contributed by atoms with Crippen molar-refractivity contribution in [2.45, 2.75) is 19.4 Å². The molecule has 2 atom stereocenters. The van der Waals surface area contributed by atoms with Gasteiger partial charge in [-0.05, 0) is 24.5 Å². The van der Waals surface area contributed by atoms with Crippen LogP contribution in [0.5, 0.6) is 0 Å². The largest absolute Gasteiger partial charge is 0.274 e. The molecule has 1 aliphatic heterocycles. The van der Waals surface area contributed by atoms with Crippen LogP contribution in [0.2, 0.25) is 0 Å². The van der Waals surface area contributed by atoms with Crippen molar-refractivity contribution in [2.24, 2.45) is 5.92 Å². The molecular formula is C12H15NO2. The van der Waals surface area contributed by atoms with Crippen molar-refractivity contribution in [2.75, 3.05) is 13.2 Å². The van der Waals surface area contributed by atoms with E-state index < -0.39 is 0 Å². The standard InChI is InChI=1S/C12H15NO2/c1-2-13-14-8-10-7-9-5-3-4-6-11(9)12(10)15-13/h3-6,10,12H,2,7-8H2,1H3. The Morgan fingerprint density at radius 1 is 1.40 bits per heavy atom. The second-order valence-electron chi connectivity index (χ2n) is 4.13. The molecule has 80 valence electrons. The molecule has 3 rings (SSSR count). The Hall–Kier alpha value is -0.900. The van der Waals surface area contributed by atoms with Gasteiger partial charge < -0.3 is 0 Å². The van der Waals surface area contributed by atoms with E-state index in [1.807, 2.05) is 6.92 Å². The van der Waals surface area contributed by atoms with E-state index >= 15 is 0 Å². The summed E-state index contributed by atoms with van der Waals surface area (Å²) in [6, 6.07) is 8.53. The van der Waals surface area contributed by atoms with Gasteiger partial charge in [-0.3, -0.25) is 9.68 Å². The average molecular weight is 205 g/mol. The molecule has 3 nitrogen and oxygen atoms in total. The summed E-state index contributed by atoms with van der Waals surface area (Å²) in [6.45, 7) is 3.57. The zero-order chi connectivity index (χ0) is 10.3. The molecule has 0 amide bonds. The van der Waals surface area contributed by atoms with E-state index in [-0.39, 0.29) is 6.10 Å². The van der Waals surface area contributed by atoms with Crippen molar-refractivity contribution in [1.29, 1.82) is 0 Å². The Kier molecular flexibility index (Phi) is 2.24. The minimum Gasteiger partial charge on any atom is -0.274 e. The van der Waals surface area contributed by atoms with Crippen LogP contribution in [0, 0.1) is 5.92 Å². The molecule has 2 aliphatic rings. The SMILES string of the molecule is CCN1OCC2Cc3ccccc3C2O1. The molecule has 3 heteroatoms. The third kappa shape index (κ3) is 1.47. The maximum absolute atomic E-state index is 5.80. The first-order chi connectivity index (χ1) is 7.38. The van der Waals surface area contributed by atoms with E-state index in [1.54, 1.807) is 5.23 Å². The summed E-state index contributed by atoms with van der Waals surface area (Å²) >= 11 is 0. The van der Waals surface area contributed by atoms with E-state index in [0.717, 1.165) is 19.6 Å². The number of hydrogen-bond donors (Lipinski definition) is 0. The molecule has 0 N–H and O–H groups in total. The maximum atomic E-state index is 5.80. The summed E-state index contributed by atoms with van der Waals surface area (Å²) in [5, 5.41) is 1.60. The van der Waals surface area contributed by atoms with Crippen LogP contribution in [-0.4, -0.2) is 18.4 Å². The summed E-state index contributed by atoms with van der Waals surface area (Å²) in [7, 11) is 0. The van der Waals surface area contributed by atoms with Crippen molar-refractivity contribution >= 4 is 0 Å². The quantitative estimate of drug-likeness (QED) is 0.700. The van der Waals surface area contributed by atoms with Gasteiger partial charge in [-0.2, -0.15) is 0 Å². The fourth-order valence-electron chi connectivity index (χ4n) is 2.43. The highest BCUT2D eigenvalue weighted by Gasteiger charge is 2.38. The van der Waals surface area contributed by atoms with E-state index in [0.29, 0.717) is 5.92 Å². The Morgan fingerprint density at radius 3 is 3.13 bits per heavy atom. The molecule has 1 fully saturated rings. The predicted molar refractivity (Wildman–Crippen MR) is 55.8 cm³/mol. The molecule has 1 aromatic rings. The van der Waals surface area contributed by atoms with Crippen LogP contribution in [0.4, 0.5) is 0 Å². The van der Waals surface area contributed by atoms with Gasteiger partial charge in [0.1, 0.15) is 6.10 Å². The molecule has 0 saturated carbocycles. The second-order valence-corrected chi connectivity index (χ2v) is 4.13. The Morgan fingerprint density at radius 2 is 2.27 bits per heavy atom. The van der Waals surface area contributed by atoms with E-state index in [9.17, 15) is 0 Å². The zero-order valence-electron chi connectivity index (χ0n) is 8.85. The highest BCUT2D eigenvalue weighted by atomic mass is 17.0. The van der Waals surface area contributed by atoms with Crippen molar-refractivity contribution in [3.63, 3.8) is 0 Å². The van der Waals surface area contributed by atoms with Gasteiger partial charge in [0.25, 0.3) is 0 Å². The van der Waals surface area contributed by atoms with Gasteiger partial charge in [0.2, 0.25) is 0 Å². The summed E-state index contributed by atoms with van der Waals surface area (Å²) in [4.78, 5) is 11.3. The number of nitrogens with zero attached hydrogens (tertiary/aromatic N) is 1. The van der Waals surface area contributed by atoms with Crippen LogP contribution in [0.15, 0.2) is 24.3 Å². The minimum absolute atomic E-state index is 0.204. The van der Waals surface area contributed by atoms with Gasteiger partial charge in [0.15, 0.2) is 0 Å². The molecule has 0 bridgehead atoms. The molecular weight excluding hydrogens is 190 g/mol. The Labute approximate surface area is 89.5 Å². The van der Waals surface area contributed by atoms with Gasteiger partial charge in [-0.15, -0.1) is 0 Å². The van der Waals surface area contributed by atoms with Crippen molar-refractivity contribution in [3.8, 4) is 0 Å². The molecule has 1 heterocycles. The molecule has 0 spiro atoms. The summed E-state index contributed by atoms with van der Waals surface area (Å²) in [5.74, 6) is 0.491. The van der Waals surface area contributed by atoms with Gasteiger partial charge in [0, 0.05) is 12.5 Å². The zero-order valence-corrected chi connectivity index (χ0v) is 8.85. The lowest BCUT2D eigenvalue weighted by molar-refractivity contribution is -0.425. The van der Waals surface area contributed by atoms with Crippen LogP contribution < -0.4 is 0 Å². The summed E-state index contributed by atoms with van der Waals surface area (Å²) < 4.78 is 0. The van der Waals surface area contributed by atoms with Crippen molar-refractivity contribution in [1.82, 2.24) is 5.23 Å². The highest BCUT2D eigenvalue weighted by Crippen LogP contribution is 2.41. The molecule has 2 unspecified atom stereocenters. The normalized spacial score (nSPS) is 29.9. The molecule has 0 aromatic heterocycles. The van der Waals surface area contributed by atoms with Gasteiger partial charge >= 0.3 is 0 Å². The first-order valence-corrected chi connectivity index (χ1v) is 5.53. The minimum atomic E-state index is 0.204. The lowest BCUT2D eigenvalue weighted by Crippen LogP contribution is -2.36. The molecule has 1 aliphatic carbocycles. The topological polar surface area (TPSA) is 21.7 Å². The van der Waals surface area contributed by atoms with Crippen LogP contribution in [0.1, 0.15) is 24.2 Å². The van der Waals surface area contributed by atoms with Gasteiger partial charge in [-0.1, -0.05) is 29.5 Å². The number of rotatable bonds is 1. The third-order valence-corrected chi connectivity index (χ3v) is 3.19. The maximum Gasteiger partial charge on any atom is 0.113 e. The summed E-state index contributed by atoms with van der Waals surface area (Å²) in [5.41, 5.74) is 2.75. The monoisotopic (exact) mass is 205 g/mol. The number of hydrogen-bond acceptors (Lipinski definition) is 3. The highest BCUT2D eigenvalue weighted by molar-refractivity contribution is 5.34. The molecule has 1 aromatic carbocycles. The fraction of sp³-hybridized carbons (Fsp3) is 0.500. The van der Waals surface area contributed by atoms with Crippen LogP contribution in [0.25, 0.3) is 0 Å². The van der Waals surface area contributed by atoms with Gasteiger partial charge in [-0.25, -0.2) is 0 Å². The van der Waals surface area contributed by atoms with Crippen molar-refractivity contribution < 1.29 is 9.68 Å². The smallest absolute Gasteiger partial charge is 0.113 e. The van der Waals surface area contributed by atoms with Crippen LogP contribution in [0.3, 0.4) is 0 Å². The first-order valence-electron chi connectivity index (χ1n) is 5.53. The molecule has 1 saturated heterocycles. The predicted octanol–water partition coefficient (Wildman–Crippen LogP) is 2.10. The fourth-order valence-corrected chi connectivity index (χ4v) is 2.43. The average Bonchev–Trinajstić information content (AvgIpc) is 2.66. The van der Waals surface area contributed by atoms with Gasteiger partial charge in [0.05, 0.1) is 6.61 Å². The summed E-state index contributed by atoms with van der Waals surface area (Å²) in [6.07, 6.45) is 1.29. The molecule has 15 heavy (non-hydrogen) atoms. The van der Waals surface area contributed by atoms with Crippen LogP contribution >= 0.6 is 0 Å². The lowest BCUT2D eigenvalue weighted by Gasteiger charge is -2.33. The number of hydroxylamine groups is 2. The van der Waals surface area contributed by atoms with E-state index in [1.165, 1.54) is 11.1 Å². The Bertz CT molecular complexity index is 366. The molecule has 0 radical (unpaired) electrons. The number of benzene rings is 1.